The zero-order valence-corrected chi connectivity index (χ0v) is 12.0. The molecule has 6 heteroatoms. The van der Waals surface area contributed by atoms with E-state index in [1.807, 2.05) is 0 Å². The molecule has 0 fully saturated rings. The average molecular weight is 298 g/mol. The molecular formula is C16H12F2N4. The van der Waals surface area contributed by atoms with Crippen molar-refractivity contribution < 1.29 is 8.78 Å². The number of rotatable bonds is 1. The highest BCUT2D eigenvalue weighted by molar-refractivity contribution is 6.03. The van der Waals surface area contributed by atoms with Crippen molar-refractivity contribution in [1.82, 2.24) is 20.0 Å². The number of nitrogens with one attached hydrogen (secondary N) is 1. The molecule has 22 heavy (non-hydrogen) atoms. The molecule has 4 rings (SSSR count). The lowest BCUT2D eigenvalue weighted by Gasteiger charge is -2.01. The maximum atomic E-state index is 14.4. The van der Waals surface area contributed by atoms with E-state index in [1.165, 1.54) is 16.8 Å². The summed E-state index contributed by atoms with van der Waals surface area (Å²) in [5.74, 6) is -0.777. The van der Waals surface area contributed by atoms with E-state index in [4.69, 9.17) is 0 Å². The van der Waals surface area contributed by atoms with E-state index in [-0.39, 0.29) is 5.82 Å². The van der Waals surface area contributed by atoms with Gasteiger partial charge in [0.1, 0.15) is 11.5 Å². The SMILES string of the molecule is Cc1cc(F)cc2c(-c3cccc4nn(C)c(F)c34)n[nH]c12. The topological polar surface area (TPSA) is 46.5 Å². The van der Waals surface area contributed by atoms with Crippen LogP contribution in [0.4, 0.5) is 8.78 Å². The van der Waals surface area contributed by atoms with Crippen LogP contribution in [0.3, 0.4) is 0 Å². The number of aromatic amines is 1. The minimum Gasteiger partial charge on any atom is -0.277 e. The van der Waals surface area contributed by atoms with Crippen LogP contribution in [-0.2, 0) is 7.05 Å². The Morgan fingerprint density at radius 2 is 2.00 bits per heavy atom. The van der Waals surface area contributed by atoms with Gasteiger partial charge in [0.05, 0.1) is 16.4 Å². The summed E-state index contributed by atoms with van der Waals surface area (Å²) in [4.78, 5) is 0. The van der Waals surface area contributed by atoms with Gasteiger partial charge in [0.25, 0.3) is 0 Å². The van der Waals surface area contributed by atoms with Gasteiger partial charge >= 0.3 is 0 Å². The van der Waals surface area contributed by atoms with E-state index in [1.54, 1.807) is 32.2 Å². The number of hydrogen-bond donors (Lipinski definition) is 1. The number of H-pyrrole nitrogens is 1. The third-order valence-corrected chi connectivity index (χ3v) is 3.88. The molecule has 2 heterocycles. The van der Waals surface area contributed by atoms with Crippen molar-refractivity contribution in [2.24, 2.45) is 7.05 Å². The zero-order valence-electron chi connectivity index (χ0n) is 12.0. The minimum atomic E-state index is -0.435. The molecule has 2 aromatic carbocycles. The Bertz CT molecular complexity index is 1030. The largest absolute Gasteiger partial charge is 0.277 e. The van der Waals surface area contributed by atoms with E-state index < -0.39 is 5.95 Å². The van der Waals surface area contributed by atoms with Gasteiger partial charge < -0.3 is 0 Å². The van der Waals surface area contributed by atoms with Gasteiger partial charge in [-0.25, -0.2) is 9.07 Å². The van der Waals surface area contributed by atoms with Crippen LogP contribution in [-0.4, -0.2) is 20.0 Å². The number of hydrogen-bond acceptors (Lipinski definition) is 2. The molecule has 0 saturated heterocycles. The van der Waals surface area contributed by atoms with Crippen LogP contribution < -0.4 is 0 Å². The van der Waals surface area contributed by atoms with Gasteiger partial charge in [-0.1, -0.05) is 12.1 Å². The monoisotopic (exact) mass is 298 g/mol. The van der Waals surface area contributed by atoms with Gasteiger partial charge in [-0.2, -0.15) is 14.6 Å². The Balaban J connectivity index is 2.12. The van der Waals surface area contributed by atoms with Crippen LogP contribution >= 0.6 is 0 Å². The normalized spacial score (nSPS) is 11.6. The average Bonchev–Trinajstić information content (AvgIpc) is 3.01. The molecule has 2 aromatic heterocycles. The van der Waals surface area contributed by atoms with Gasteiger partial charge in [-0.3, -0.25) is 5.10 Å². The van der Waals surface area contributed by atoms with Crippen molar-refractivity contribution in [1.29, 1.82) is 0 Å². The van der Waals surface area contributed by atoms with Crippen molar-refractivity contribution in [3.05, 3.63) is 47.7 Å². The molecule has 4 nitrogen and oxygen atoms in total. The molecule has 0 saturated carbocycles. The van der Waals surface area contributed by atoms with E-state index in [0.29, 0.717) is 27.5 Å². The van der Waals surface area contributed by atoms with Gasteiger partial charge in [0.15, 0.2) is 0 Å². The second-order valence-corrected chi connectivity index (χ2v) is 5.33. The summed E-state index contributed by atoms with van der Waals surface area (Å²) in [6.45, 7) is 1.80. The fourth-order valence-electron chi connectivity index (χ4n) is 2.86. The molecule has 110 valence electrons. The summed E-state index contributed by atoms with van der Waals surface area (Å²) >= 11 is 0. The Labute approximate surface area is 124 Å². The first-order chi connectivity index (χ1) is 10.6. The number of benzene rings is 2. The van der Waals surface area contributed by atoms with Crippen molar-refractivity contribution >= 4 is 21.8 Å². The molecule has 0 unspecified atom stereocenters. The molecule has 1 N–H and O–H groups in total. The lowest BCUT2D eigenvalue weighted by molar-refractivity contribution is 0.512. The van der Waals surface area contributed by atoms with Crippen LogP contribution in [0.2, 0.25) is 0 Å². The van der Waals surface area contributed by atoms with Crippen molar-refractivity contribution in [3.63, 3.8) is 0 Å². The Kier molecular flexibility index (Phi) is 2.57. The van der Waals surface area contributed by atoms with Crippen LogP contribution in [0.5, 0.6) is 0 Å². The maximum Gasteiger partial charge on any atom is 0.219 e. The third kappa shape index (κ3) is 1.67. The fourth-order valence-corrected chi connectivity index (χ4v) is 2.86. The summed E-state index contributed by atoms with van der Waals surface area (Å²) < 4.78 is 29.3. The summed E-state index contributed by atoms with van der Waals surface area (Å²) in [5, 5.41) is 12.3. The highest BCUT2D eigenvalue weighted by atomic mass is 19.1. The Hall–Kier alpha value is -2.76. The maximum absolute atomic E-state index is 14.4. The molecule has 0 aliphatic carbocycles. The highest BCUT2D eigenvalue weighted by Crippen LogP contribution is 2.34. The van der Waals surface area contributed by atoms with Gasteiger partial charge in [-0.05, 0) is 30.7 Å². The minimum absolute atomic E-state index is 0.341. The van der Waals surface area contributed by atoms with E-state index in [2.05, 4.69) is 15.3 Å². The predicted octanol–water partition coefficient (Wildman–Crippen LogP) is 3.70. The Morgan fingerprint density at radius 3 is 2.82 bits per heavy atom. The van der Waals surface area contributed by atoms with Gasteiger partial charge in [0, 0.05) is 18.0 Å². The first-order valence-corrected chi connectivity index (χ1v) is 6.82. The van der Waals surface area contributed by atoms with Crippen molar-refractivity contribution in [3.8, 4) is 11.3 Å². The first-order valence-electron chi connectivity index (χ1n) is 6.82. The second-order valence-electron chi connectivity index (χ2n) is 5.33. The van der Waals surface area contributed by atoms with Gasteiger partial charge in [-0.15, -0.1) is 0 Å². The molecule has 0 aliphatic rings. The van der Waals surface area contributed by atoms with E-state index in [9.17, 15) is 8.78 Å². The van der Waals surface area contributed by atoms with Crippen LogP contribution in [0.1, 0.15) is 5.56 Å². The predicted molar refractivity (Wildman–Crippen MR) is 80.5 cm³/mol. The molecular weight excluding hydrogens is 286 g/mol. The number of aryl methyl sites for hydroxylation is 2. The Morgan fingerprint density at radius 1 is 1.18 bits per heavy atom. The van der Waals surface area contributed by atoms with Crippen molar-refractivity contribution in [2.75, 3.05) is 0 Å². The molecule has 0 aliphatic heterocycles. The molecule has 0 bridgehead atoms. The first kappa shape index (κ1) is 12.9. The third-order valence-electron chi connectivity index (χ3n) is 3.88. The summed E-state index contributed by atoms with van der Waals surface area (Å²) in [7, 11) is 1.55. The van der Waals surface area contributed by atoms with Crippen LogP contribution in [0, 0.1) is 18.7 Å². The summed E-state index contributed by atoms with van der Waals surface area (Å²) in [6, 6.07) is 8.14. The van der Waals surface area contributed by atoms with Crippen LogP contribution in [0.25, 0.3) is 33.1 Å². The number of halogens is 2. The molecule has 0 spiro atoms. The van der Waals surface area contributed by atoms with Crippen molar-refractivity contribution in [2.45, 2.75) is 6.92 Å². The smallest absolute Gasteiger partial charge is 0.219 e. The lowest BCUT2D eigenvalue weighted by atomic mass is 10.0. The zero-order chi connectivity index (χ0) is 15.4. The second kappa shape index (κ2) is 4.37. The summed E-state index contributed by atoms with van der Waals surface area (Å²) in [5.41, 5.74) is 3.17. The quantitative estimate of drug-likeness (QED) is 0.582. The fraction of sp³-hybridized carbons (Fsp3) is 0.125. The highest BCUT2D eigenvalue weighted by Gasteiger charge is 2.18. The molecule has 0 atom stereocenters. The molecule has 0 radical (unpaired) electrons. The standard InChI is InChI=1S/C16H12F2N4/c1-8-6-9(17)7-11-14(8)19-20-15(11)10-4-3-5-12-13(10)16(18)22(2)21-12/h3-7H,1-2H3,(H,19,20). The van der Waals surface area contributed by atoms with E-state index in [0.717, 1.165) is 11.1 Å². The number of aromatic nitrogens is 4. The molecule has 4 aromatic rings. The number of nitrogens with zero attached hydrogens (tertiary/aromatic N) is 3. The molecule has 0 amide bonds. The van der Waals surface area contributed by atoms with Gasteiger partial charge in [0.2, 0.25) is 5.95 Å². The number of fused-ring (bicyclic) bond motifs is 2. The lowest BCUT2D eigenvalue weighted by Crippen LogP contribution is -1.93. The van der Waals surface area contributed by atoms with Crippen LogP contribution in [0.15, 0.2) is 30.3 Å². The van der Waals surface area contributed by atoms with E-state index >= 15 is 0 Å². The summed E-state index contributed by atoms with van der Waals surface area (Å²) in [6.07, 6.45) is 0.